The fraction of sp³-hybridized carbons (Fsp3) is 0.0909. The first-order valence-electron chi connectivity index (χ1n) is 4.89. The van der Waals surface area contributed by atoms with Crippen molar-refractivity contribution in [3.63, 3.8) is 0 Å². The molecule has 7 heteroatoms. The van der Waals surface area contributed by atoms with Gasteiger partial charge in [-0.25, -0.2) is 9.78 Å². The molecule has 18 heavy (non-hydrogen) atoms. The largest absolute Gasteiger partial charge is 0.496 e. The van der Waals surface area contributed by atoms with E-state index in [-0.39, 0.29) is 16.9 Å². The molecule has 1 heterocycles. The monoisotopic (exact) mass is 248 g/mol. The molecular formula is C11H8N2O5. The first-order chi connectivity index (χ1) is 8.52. The number of carboxylic acid groups (broad SMARTS) is 1. The minimum absolute atomic E-state index is 0.0284. The van der Waals surface area contributed by atoms with Crippen molar-refractivity contribution in [3.05, 3.63) is 40.1 Å². The second-order valence-corrected chi connectivity index (χ2v) is 3.48. The highest BCUT2D eigenvalue weighted by Crippen LogP contribution is 2.29. The van der Waals surface area contributed by atoms with Crippen LogP contribution in [0.25, 0.3) is 10.9 Å². The van der Waals surface area contributed by atoms with E-state index in [0.29, 0.717) is 11.1 Å². The molecule has 0 aliphatic heterocycles. The molecule has 0 aliphatic rings. The Kier molecular flexibility index (Phi) is 2.80. The molecule has 0 radical (unpaired) electrons. The number of carbonyl (C=O) groups is 1. The number of nitro groups is 1. The van der Waals surface area contributed by atoms with E-state index in [2.05, 4.69) is 4.98 Å². The molecule has 2 rings (SSSR count). The van der Waals surface area contributed by atoms with Crippen LogP contribution in [0, 0.1) is 10.1 Å². The van der Waals surface area contributed by atoms with Crippen LogP contribution in [0.5, 0.6) is 5.75 Å². The minimum Gasteiger partial charge on any atom is -0.496 e. The van der Waals surface area contributed by atoms with E-state index < -0.39 is 10.9 Å². The van der Waals surface area contributed by atoms with Gasteiger partial charge in [-0.1, -0.05) is 0 Å². The quantitative estimate of drug-likeness (QED) is 0.656. The molecule has 0 saturated heterocycles. The van der Waals surface area contributed by atoms with E-state index in [1.165, 1.54) is 25.3 Å². The van der Waals surface area contributed by atoms with Crippen LogP contribution in [0.3, 0.4) is 0 Å². The lowest BCUT2D eigenvalue weighted by atomic mass is 10.1. The maximum absolute atomic E-state index is 10.9. The van der Waals surface area contributed by atoms with Crippen LogP contribution in [0.2, 0.25) is 0 Å². The van der Waals surface area contributed by atoms with Gasteiger partial charge in [0.25, 0.3) is 5.69 Å². The van der Waals surface area contributed by atoms with Gasteiger partial charge < -0.3 is 9.84 Å². The van der Waals surface area contributed by atoms with Gasteiger partial charge in [-0.15, -0.1) is 0 Å². The van der Waals surface area contributed by atoms with Crippen molar-refractivity contribution < 1.29 is 19.6 Å². The number of nitrogens with zero attached hydrogens (tertiary/aromatic N) is 2. The van der Waals surface area contributed by atoms with Crippen LogP contribution < -0.4 is 4.74 Å². The Morgan fingerprint density at radius 2 is 2.17 bits per heavy atom. The number of pyridine rings is 1. The van der Waals surface area contributed by atoms with Crippen LogP contribution in [-0.4, -0.2) is 28.1 Å². The Bertz CT molecular complexity index is 653. The van der Waals surface area contributed by atoms with Gasteiger partial charge in [-0.3, -0.25) is 10.1 Å². The fourth-order valence-corrected chi connectivity index (χ4v) is 1.57. The third-order valence-electron chi connectivity index (χ3n) is 2.40. The SMILES string of the molecule is COc1cc([N+](=O)[O-])c2nc(C(=O)O)ccc2c1. The lowest BCUT2D eigenvalue weighted by Gasteiger charge is -2.04. The van der Waals surface area contributed by atoms with Gasteiger partial charge in [0, 0.05) is 5.39 Å². The maximum atomic E-state index is 10.9. The topological polar surface area (TPSA) is 103 Å². The first-order valence-corrected chi connectivity index (χ1v) is 4.89. The number of non-ortho nitro benzene ring substituents is 1. The van der Waals surface area contributed by atoms with E-state index in [9.17, 15) is 14.9 Å². The van der Waals surface area contributed by atoms with Gasteiger partial charge in [0.05, 0.1) is 18.1 Å². The number of methoxy groups -OCH3 is 1. The fourth-order valence-electron chi connectivity index (χ4n) is 1.57. The first kappa shape index (κ1) is 11.8. The van der Waals surface area contributed by atoms with Crippen LogP contribution in [0.15, 0.2) is 24.3 Å². The van der Waals surface area contributed by atoms with Gasteiger partial charge in [0.2, 0.25) is 0 Å². The molecule has 0 unspecified atom stereocenters. The standard InChI is InChI=1S/C11H8N2O5/c1-18-7-4-6-2-3-8(11(14)15)12-10(6)9(5-7)13(16)17/h2-5H,1H3,(H,14,15). The van der Waals surface area contributed by atoms with E-state index >= 15 is 0 Å². The van der Waals surface area contributed by atoms with Crippen molar-refractivity contribution in [3.8, 4) is 5.75 Å². The number of aromatic nitrogens is 1. The third-order valence-corrected chi connectivity index (χ3v) is 2.40. The summed E-state index contributed by atoms with van der Waals surface area (Å²) in [4.78, 5) is 24.9. The summed E-state index contributed by atoms with van der Waals surface area (Å²) in [6.45, 7) is 0. The number of carboxylic acids is 1. The smallest absolute Gasteiger partial charge is 0.354 e. The number of benzene rings is 1. The number of fused-ring (bicyclic) bond motifs is 1. The third kappa shape index (κ3) is 1.93. The van der Waals surface area contributed by atoms with Gasteiger partial charge in [0.15, 0.2) is 0 Å². The average Bonchev–Trinajstić information content (AvgIpc) is 2.36. The Hall–Kier alpha value is -2.70. The lowest BCUT2D eigenvalue weighted by Crippen LogP contribution is -2.01. The van der Waals surface area contributed by atoms with Crippen LogP contribution in [0.1, 0.15) is 10.5 Å². The Labute approximate surface area is 101 Å². The number of nitro benzene ring substituents is 1. The van der Waals surface area contributed by atoms with Gasteiger partial charge in [-0.05, 0) is 18.2 Å². The summed E-state index contributed by atoms with van der Waals surface area (Å²) in [5, 5.41) is 20.2. The molecule has 0 atom stereocenters. The predicted molar refractivity (Wildman–Crippen MR) is 61.9 cm³/mol. The number of aromatic carboxylic acids is 1. The van der Waals surface area contributed by atoms with E-state index in [1.54, 1.807) is 6.07 Å². The highest BCUT2D eigenvalue weighted by molar-refractivity contribution is 5.93. The molecule has 0 aliphatic carbocycles. The molecular weight excluding hydrogens is 240 g/mol. The maximum Gasteiger partial charge on any atom is 0.354 e. The molecule has 0 amide bonds. The highest BCUT2D eigenvalue weighted by atomic mass is 16.6. The average molecular weight is 248 g/mol. The Morgan fingerprint density at radius 3 is 2.72 bits per heavy atom. The molecule has 0 saturated carbocycles. The zero-order valence-electron chi connectivity index (χ0n) is 9.28. The summed E-state index contributed by atoms with van der Waals surface area (Å²) >= 11 is 0. The normalized spacial score (nSPS) is 10.3. The summed E-state index contributed by atoms with van der Waals surface area (Å²) in [5.74, 6) is -0.916. The number of ether oxygens (including phenoxy) is 1. The molecule has 0 fully saturated rings. The van der Waals surface area contributed by atoms with Crippen LogP contribution in [-0.2, 0) is 0 Å². The number of hydrogen-bond donors (Lipinski definition) is 1. The van der Waals surface area contributed by atoms with Crippen LogP contribution in [0.4, 0.5) is 5.69 Å². The zero-order chi connectivity index (χ0) is 13.3. The minimum atomic E-state index is -1.23. The van der Waals surface area contributed by atoms with E-state index in [4.69, 9.17) is 9.84 Å². The second kappa shape index (κ2) is 4.28. The van der Waals surface area contributed by atoms with Crippen molar-refractivity contribution in [1.29, 1.82) is 0 Å². The van der Waals surface area contributed by atoms with Gasteiger partial charge in [0.1, 0.15) is 17.0 Å². The molecule has 0 bridgehead atoms. The summed E-state index contributed by atoms with van der Waals surface area (Å²) in [6.07, 6.45) is 0. The summed E-state index contributed by atoms with van der Waals surface area (Å²) in [5.41, 5.74) is -0.496. The number of rotatable bonds is 3. The van der Waals surface area contributed by atoms with Crippen LogP contribution >= 0.6 is 0 Å². The summed E-state index contributed by atoms with van der Waals surface area (Å²) < 4.78 is 4.94. The van der Waals surface area contributed by atoms with Gasteiger partial charge >= 0.3 is 5.97 Å². The number of hydrogen-bond acceptors (Lipinski definition) is 5. The van der Waals surface area contributed by atoms with Crippen molar-refractivity contribution in [2.24, 2.45) is 0 Å². The summed E-state index contributed by atoms with van der Waals surface area (Å²) in [6, 6.07) is 5.51. The Balaban J connectivity index is 2.79. The molecule has 1 aromatic carbocycles. The van der Waals surface area contributed by atoms with Crippen molar-refractivity contribution in [2.75, 3.05) is 7.11 Å². The zero-order valence-corrected chi connectivity index (χ0v) is 9.28. The molecule has 0 spiro atoms. The molecule has 1 N–H and O–H groups in total. The molecule has 1 aromatic heterocycles. The molecule has 7 nitrogen and oxygen atoms in total. The van der Waals surface area contributed by atoms with E-state index in [1.807, 2.05) is 0 Å². The Morgan fingerprint density at radius 1 is 1.44 bits per heavy atom. The summed E-state index contributed by atoms with van der Waals surface area (Å²) in [7, 11) is 1.39. The second-order valence-electron chi connectivity index (χ2n) is 3.48. The highest BCUT2D eigenvalue weighted by Gasteiger charge is 2.17. The molecule has 2 aromatic rings. The van der Waals surface area contributed by atoms with Gasteiger partial charge in [-0.2, -0.15) is 0 Å². The molecule has 92 valence electrons. The predicted octanol–water partition coefficient (Wildman–Crippen LogP) is 1.85. The lowest BCUT2D eigenvalue weighted by molar-refractivity contribution is -0.383. The van der Waals surface area contributed by atoms with Crippen molar-refractivity contribution >= 4 is 22.6 Å². The van der Waals surface area contributed by atoms with Crippen molar-refractivity contribution in [2.45, 2.75) is 0 Å². The van der Waals surface area contributed by atoms with E-state index in [0.717, 1.165) is 0 Å². The van der Waals surface area contributed by atoms with Crippen molar-refractivity contribution in [1.82, 2.24) is 4.98 Å².